The van der Waals surface area contributed by atoms with E-state index >= 15 is 38.4 Å². The Hall–Kier alpha value is -16.6. The van der Waals surface area contributed by atoms with Crippen LogP contribution < -0.4 is 107 Å². The van der Waals surface area contributed by atoms with Gasteiger partial charge in [-0.3, -0.25) is 76.7 Å². The van der Waals surface area contributed by atoms with Gasteiger partial charge in [-0.15, -0.1) is 0 Å². The lowest BCUT2D eigenvalue weighted by molar-refractivity contribution is -0.145. The van der Waals surface area contributed by atoms with E-state index in [1.54, 1.807) is 123 Å². The van der Waals surface area contributed by atoms with Gasteiger partial charge < -0.3 is 142 Å². The monoisotopic (exact) mass is 2050 g/mol. The summed E-state index contributed by atoms with van der Waals surface area (Å²) < 4.78 is 12.3. The van der Waals surface area contributed by atoms with Gasteiger partial charge in [0.15, 0.2) is 23.0 Å². The summed E-state index contributed by atoms with van der Waals surface area (Å²) >= 11 is 0. The predicted octanol–water partition coefficient (Wildman–Crippen LogP) is 0.572. The topological polar surface area (TPSA) is 663 Å². The molecule has 14 atom stereocenters. The molecule has 43 nitrogen and oxygen atoms in total. The van der Waals surface area contributed by atoms with Gasteiger partial charge in [0, 0.05) is 97.9 Å². The van der Waals surface area contributed by atoms with Crippen molar-refractivity contribution in [3.05, 3.63) is 250 Å². The molecule has 150 heavy (non-hydrogen) atoms. The number of nitrogens with two attached hydrogens (primary N) is 4. The highest BCUT2D eigenvalue weighted by Crippen LogP contribution is 2.39. The number of nitrogens with zero attached hydrogens (tertiary/aromatic N) is 2. The number of rotatable bonds is 36. The minimum Gasteiger partial charge on any atom is -0.504 e. The largest absolute Gasteiger partial charge is 0.504 e. The highest BCUT2D eigenvalue weighted by molar-refractivity contribution is 6.03. The van der Waals surface area contributed by atoms with Crippen molar-refractivity contribution in [1.82, 2.24) is 94.2 Å². The molecule has 16 rings (SSSR count). The highest BCUT2D eigenvalue weighted by atomic mass is 16.5. The Morgan fingerprint density at radius 3 is 1.14 bits per heavy atom. The summed E-state index contributed by atoms with van der Waals surface area (Å²) in [4.78, 5) is 245. The molecule has 0 aliphatic carbocycles. The Labute approximate surface area is 862 Å². The summed E-state index contributed by atoms with van der Waals surface area (Å²) in [6, 6.07) is 30.3. The summed E-state index contributed by atoms with van der Waals surface area (Å²) in [7, 11) is 3.17. The zero-order chi connectivity index (χ0) is 107. The number of likely N-dealkylation sites (N-methyl/N-ethyl adjacent to an activating group) is 2. The normalized spacial score (nSPS) is 19.2. The first kappa shape index (κ1) is 109. The van der Waals surface area contributed by atoms with Gasteiger partial charge in [-0.1, -0.05) is 161 Å². The van der Waals surface area contributed by atoms with Crippen LogP contribution in [0.15, 0.2) is 194 Å². The highest BCUT2D eigenvalue weighted by Gasteiger charge is 2.46. The quantitative estimate of drug-likeness (QED) is 0.0255. The zero-order valence-corrected chi connectivity index (χ0v) is 83.5. The Morgan fingerprint density at radius 1 is 0.420 bits per heavy atom. The van der Waals surface area contributed by atoms with Crippen LogP contribution in [0.2, 0.25) is 0 Å². The molecule has 0 spiro atoms. The molecule has 0 saturated carbocycles. The number of benzene rings is 8. The van der Waals surface area contributed by atoms with Crippen molar-refractivity contribution in [2.24, 2.45) is 34.8 Å². The van der Waals surface area contributed by atoms with Crippen LogP contribution in [0.5, 0.6) is 34.5 Å². The summed E-state index contributed by atoms with van der Waals surface area (Å²) in [5.41, 5.74) is 29.8. The Kier molecular flexibility index (Phi) is 36.1. The number of H-pyrrole nitrogens is 2. The molecule has 8 aromatic carbocycles. The van der Waals surface area contributed by atoms with Crippen molar-refractivity contribution in [1.29, 1.82) is 0 Å². The van der Waals surface area contributed by atoms with Crippen LogP contribution in [-0.2, 0) is 128 Å². The standard InChI is InChI=1S/C107H126N22O21/c1-55(2)37-72(112-5)94(135)118-74-39-59-25-31-64(32-26-59)149-88-43-61(29-35-86(88)131)92(126-98(139)76(47-90(110)133)120-96(74)137)104(145)124-80(49-108)100(141)122-78(41-57-17-9-7-10-18-57)106(147)128-53-82-68(66-21-13-15-23-70(66)116-82)45-84(128)102(143)114-51-63(130)52-115-103(144)85-46-69-67-22-14-16-24-71(67)117-83(69)54-129(85)107(148)79(42-58-19-11-8-12-20-58)123-101(142)81(50-109)125-105(146)93-62-30-36-87(132)89(44-62)150-65-33-27-60(28-34-65)40-75(119-95(136)73(113-6)38-56(3)4)97(138)121-77(48-91(111)134)99(140)127-93/h7-36,43-44,55-56,63,72-81,84-85,92-93,112-113,116-117,130-132H,37-42,45-54,108-109H2,1-6H3,(H2,110,133)(H2,111,134)(H,114,143)(H,115,144)(H,118,135)(H,119,136)(H,120,137)(H,121,138)(H,122,141)(H,123,142)(H,124,145)(H,125,146)(H,126,139)(H,127,140)/t63?,72-,73-,74-,75-,76+,77+,78+,79+,80+,81+,84+,85+,92?,93?/m1/s1. The van der Waals surface area contributed by atoms with Crippen LogP contribution in [0, 0.1) is 11.8 Å². The van der Waals surface area contributed by atoms with Crippen molar-refractivity contribution in [2.45, 2.75) is 196 Å². The van der Waals surface area contributed by atoms with Crippen LogP contribution in [-0.4, -0.2) is 248 Å². The average molecular weight is 2060 g/mol. The minimum atomic E-state index is -1.88. The van der Waals surface area contributed by atoms with E-state index in [2.05, 4.69) is 84.4 Å². The van der Waals surface area contributed by atoms with Gasteiger partial charge in [-0.25, -0.2) is 0 Å². The van der Waals surface area contributed by atoms with Gasteiger partial charge in [0.1, 0.15) is 84.0 Å². The molecule has 43 heteroatoms. The molecule has 0 fully saturated rings. The van der Waals surface area contributed by atoms with Crippen LogP contribution in [0.4, 0.5) is 0 Å². The van der Waals surface area contributed by atoms with Crippen molar-refractivity contribution < 1.29 is 102 Å². The van der Waals surface area contributed by atoms with E-state index in [9.17, 15) is 53.7 Å². The second kappa shape index (κ2) is 49.7. The molecule has 2 aromatic heterocycles. The Morgan fingerprint density at radius 2 is 0.787 bits per heavy atom. The number of phenols is 2. The lowest BCUT2D eigenvalue weighted by Gasteiger charge is -2.38. The van der Waals surface area contributed by atoms with Gasteiger partial charge in [-0.2, -0.15) is 0 Å². The molecule has 2 unspecified atom stereocenters. The second-order valence-electron chi connectivity index (χ2n) is 38.6. The number of carbonyl (C=O) groups is 16. The summed E-state index contributed by atoms with van der Waals surface area (Å²) in [6.45, 7) is 4.69. The molecule has 6 aliphatic rings. The van der Waals surface area contributed by atoms with E-state index in [4.69, 9.17) is 32.4 Å². The van der Waals surface area contributed by atoms with Crippen LogP contribution in [0.25, 0.3) is 21.8 Å². The van der Waals surface area contributed by atoms with E-state index in [0.717, 1.165) is 10.8 Å². The first-order chi connectivity index (χ1) is 71.9. The fraction of sp³-hybridized carbons (Fsp3) is 0.364. The molecule has 10 aromatic rings. The SMILES string of the molecule is CN[C@H](CC(C)C)C(=O)N[C@@H]1Cc2ccc(cc2)Oc2cc(ccc2O)C(C(=O)N[C@@H](CN)C(=O)N[C@@H](Cc2ccccc2)C(=O)N2Cc3[nH]c4ccccc4c3C[C@H]2C(=O)NCC(O)CNC(=O)[C@@H]2Cc3c([nH]c4ccccc34)CN2C(=O)[C@H](Cc2ccccc2)NC(=O)[C@H](CN)NC(=O)C2NC(=O)[C@H](CC(N)=O)NC(=O)[C@H](NC(=O)[C@@H](CC(C)C)NC)Cc3ccc(cc3)Oc3cc2ccc3O)NC(=O)[C@H](CC(N)=O)NC1=O. The molecular weight excluding hydrogens is 1930 g/mol. The minimum absolute atomic E-state index is 0.0479. The molecule has 0 saturated heterocycles. The zero-order valence-electron chi connectivity index (χ0n) is 83.5. The molecule has 790 valence electrons. The maximum atomic E-state index is 16.0. The smallest absolute Gasteiger partial charge is 0.247 e. The maximum Gasteiger partial charge on any atom is 0.247 e. The number of fused-ring (bicyclic) bond motifs is 24. The second-order valence-corrected chi connectivity index (χ2v) is 38.6. The summed E-state index contributed by atoms with van der Waals surface area (Å²) in [5, 5.41) is 73.9. The van der Waals surface area contributed by atoms with Crippen LogP contribution in [0.1, 0.15) is 121 Å². The van der Waals surface area contributed by atoms with Crippen LogP contribution >= 0.6 is 0 Å². The fourth-order valence-electron chi connectivity index (χ4n) is 18.9. The van der Waals surface area contributed by atoms with Gasteiger partial charge in [0.25, 0.3) is 0 Å². The fourth-order valence-corrected chi connectivity index (χ4v) is 18.9. The summed E-state index contributed by atoms with van der Waals surface area (Å²) in [6.07, 6.45) is -3.48. The third kappa shape index (κ3) is 27.4. The Bertz CT molecular complexity index is 6270. The molecule has 16 amide bonds. The summed E-state index contributed by atoms with van der Waals surface area (Å²) in [5.74, 6) is -15.7. The number of amides is 16. The lowest BCUT2D eigenvalue weighted by atomic mass is 9.94. The average Bonchev–Trinajstić information content (AvgIpc) is 1.61. The van der Waals surface area contributed by atoms with E-state index < -0.39 is 236 Å². The molecule has 8 heterocycles. The molecule has 6 aliphatic heterocycles. The number of para-hydroxylation sites is 2. The maximum absolute atomic E-state index is 16.0. The first-order valence-corrected chi connectivity index (χ1v) is 49.5. The first-order valence-electron chi connectivity index (χ1n) is 49.5. The van der Waals surface area contributed by atoms with Gasteiger partial charge in [0.05, 0.1) is 44.1 Å². The third-order valence-electron chi connectivity index (χ3n) is 26.7. The lowest BCUT2D eigenvalue weighted by Crippen LogP contribution is -2.62. The Balaban J connectivity index is 0.691. The van der Waals surface area contributed by atoms with Crippen molar-refractivity contribution >= 4 is 116 Å². The number of aromatic amines is 2. The van der Waals surface area contributed by atoms with Gasteiger partial charge >= 0.3 is 0 Å². The number of aromatic hydroxyl groups is 2. The number of hydrogen-bond donors (Lipinski definition) is 23. The molecule has 0 radical (unpaired) electrons. The number of hydrogen-bond acceptors (Lipinski definition) is 25. The van der Waals surface area contributed by atoms with Gasteiger partial charge in [0.2, 0.25) is 94.5 Å². The van der Waals surface area contributed by atoms with Crippen molar-refractivity contribution in [3.63, 3.8) is 0 Å². The number of ether oxygens (including phenoxy) is 2. The number of carbonyl (C=O) groups excluding carboxylic acids is 16. The van der Waals surface area contributed by atoms with E-state index in [1.165, 1.54) is 70.5 Å². The number of aromatic nitrogens is 2. The van der Waals surface area contributed by atoms with E-state index in [0.29, 0.717) is 68.6 Å². The number of nitrogens with one attached hydrogen (secondary N) is 16. The molecule has 27 N–H and O–H groups in total. The number of aliphatic hydroxyl groups excluding tert-OH is 1. The third-order valence-corrected chi connectivity index (χ3v) is 26.7. The molecular formula is C107H126N22O21. The number of aliphatic hydroxyl groups is 1. The number of primary amides is 2. The van der Waals surface area contributed by atoms with Gasteiger partial charge in [-0.05, 0) is 144 Å². The molecule has 8 bridgehead atoms. The van der Waals surface area contributed by atoms with E-state index in [1.807, 2.05) is 52.0 Å². The van der Waals surface area contributed by atoms with Crippen molar-refractivity contribution in [3.8, 4) is 34.5 Å². The predicted molar refractivity (Wildman–Crippen MR) is 549 cm³/mol. The number of phenolic OH excluding ortho intramolecular Hbond substituents is 2. The van der Waals surface area contributed by atoms with Crippen molar-refractivity contribution in [2.75, 3.05) is 40.3 Å². The van der Waals surface area contributed by atoms with Crippen LogP contribution in [0.3, 0.4) is 0 Å². The van der Waals surface area contributed by atoms with E-state index in [-0.39, 0.29) is 97.6 Å².